The lowest BCUT2D eigenvalue weighted by molar-refractivity contribution is -0.0361. The smallest absolute Gasteiger partial charge is 0.248 e. The van der Waals surface area contributed by atoms with Gasteiger partial charge < -0.3 is 5.32 Å². The first-order chi connectivity index (χ1) is 11.4. The van der Waals surface area contributed by atoms with Crippen molar-refractivity contribution in [2.45, 2.75) is 58.2 Å². The largest absolute Gasteiger partial charge is 0.367 e. The Morgan fingerprint density at radius 3 is 2.50 bits per heavy atom. The Morgan fingerprint density at radius 1 is 1.21 bits per heavy atom. The molecule has 1 N–H and O–H groups in total. The molecular weight excluding hydrogens is 317 g/mol. The predicted molar refractivity (Wildman–Crippen MR) is 86.5 cm³/mol. The second-order valence-electron chi connectivity index (χ2n) is 6.47. The molecule has 0 saturated heterocycles. The van der Waals surface area contributed by atoms with E-state index < -0.39 is 12.6 Å². The fourth-order valence-electron chi connectivity index (χ4n) is 3.09. The van der Waals surface area contributed by atoms with Gasteiger partial charge in [-0.3, -0.25) is 0 Å². The molecule has 0 radical (unpaired) electrons. The molecule has 0 atom stereocenters. The van der Waals surface area contributed by atoms with Crippen LogP contribution in [0.3, 0.4) is 0 Å². The second-order valence-corrected chi connectivity index (χ2v) is 6.47. The lowest BCUT2D eigenvalue weighted by atomic mass is 9.92. The minimum atomic E-state index is -2.57. The summed E-state index contributed by atoms with van der Waals surface area (Å²) in [5, 5.41) is 7.55. The third-order valence-corrected chi connectivity index (χ3v) is 4.32. The van der Waals surface area contributed by atoms with Gasteiger partial charge in [0.15, 0.2) is 5.82 Å². The lowest BCUT2D eigenvalue weighted by Crippen LogP contribution is -2.32. The highest BCUT2D eigenvalue weighted by Crippen LogP contribution is 2.34. The molecule has 0 aromatic carbocycles. The number of anilines is 1. The van der Waals surface area contributed by atoms with Crippen molar-refractivity contribution < 1.29 is 13.2 Å². The lowest BCUT2D eigenvalue weighted by Gasteiger charge is -2.29. The third-order valence-electron chi connectivity index (χ3n) is 4.32. The van der Waals surface area contributed by atoms with Gasteiger partial charge >= 0.3 is 0 Å². The molecule has 1 saturated carbocycles. The molecule has 2 heterocycles. The third kappa shape index (κ3) is 3.71. The van der Waals surface area contributed by atoms with E-state index in [-0.39, 0.29) is 18.9 Å². The molecular formula is C17H21F3N4. The fourth-order valence-corrected chi connectivity index (χ4v) is 3.09. The standard InChI is InChI=1S/C17H21F3N4/c1-11-7-12(2)24(23-11)16-9-13(10-18)8-15(22-16)21-14-3-5-17(19,20)6-4-14/h7-9,14H,3-6,10H2,1-2H3,(H,21,22). The zero-order valence-corrected chi connectivity index (χ0v) is 13.8. The summed E-state index contributed by atoms with van der Waals surface area (Å²) >= 11 is 0. The molecule has 24 heavy (non-hydrogen) atoms. The van der Waals surface area contributed by atoms with Gasteiger partial charge in [0, 0.05) is 24.6 Å². The normalized spacial score (nSPS) is 17.9. The van der Waals surface area contributed by atoms with Crippen LogP contribution in [0.2, 0.25) is 0 Å². The molecule has 0 unspecified atom stereocenters. The van der Waals surface area contributed by atoms with Gasteiger partial charge in [0.05, 0.1) is 5.69 Å². The quantitative estimate of drug-likeness (QED) is 0.901. The van der Waals surface area contributed by atoms with E-state index in [2.05, 4.69) is 15.4 Å². The maximum atomic E-state index is 13.3. The van der Waals surface area contributed by atoms with Crippen molar-refractivity contribution in [1.29, 1.82) is 0 Å². The zero-order chi connectivity index (χ0) is 17.3. The van der Waals surface area contributed by atoms with E-state index >= 15 is 0 Å². The van der Waals surface area contributed by atoms with Crippen LogP contribution in [0.25, 0.3) is 5.82 Å². The highest BCUT2D eigenvalue weighted by atomic mass is 19.3. The summed E-state index contributed by atoms with van der Waals surface area (Å²) in [5.74, 6) is -1.54. The van der Waals surface area contributed by atoms with E-state index in [0.717, 1.165) is 11.4 Å². The number of hydrogen-bond donors (Lipinski definition) is 1. The second kappa shape index (κ2) is 6.45. The van der Waals surface area contributed by atoms with Crippen LogP contribution in [0.4, 0.5) is 19.0 Å². The van der Waals surface area contributed by atoms with E-state index in [1.165, 1.54) is 0 Å². The molecule has 2 aromatic rings. The summed E-state index contributed by atoms with van der Waals surface area (Å²) in [7, 11) is 0. The molecule has 7 heteroatoms. The van der Waals surface area contributed by atoms with Crippen LogP contribution < -0.4 is 5.32 Å². The van der Waals surface area contributed by atoms with Crippen LogP contribution in [-0.4, -0.2) is 26.7 Å². The Morgan fingerprint density at radius 2 is 1.92 bits per heavy atom. The summed E-state index contributed by atoms with van der Waals surface area (Å²) in [4.78, 5) is 4.49. The van der Waals surface area contributed by atoms with Crippen molar-refractivity contribution in [2.75, 3.05) is 5.32 Å². The first kappa shape index (κ1) is 16.8. The van der Waals surface area contributed by atoms with Gasteiger partial charge in [-0.05, 0) is 50.5 Å². The Balaban J connectivity index is 1.83. The van der Waals surface area contributed by atoms with Crippen LogP contribution in [0.15, 0.2) is 18.2 Å². The maximum absolute atomic E-state index is 13.3. The molecule has 130 valence electrons. The summed E-state index contributed by atoms with van der Waals surface area (Å²) in [6, 6.07) is 5.13. The Bertz CT molecular complexity index is 717. The van der Waals surface area contributed by atoms with Gasteiger partial charge in [-0.2, -0.15) is 5.10 Å². The summed E-state index contributed by atoms with van der Waals surface area (Å²) in [6.07, 6.45) is 0.503. The summed E-state index contributed by atoms with van der Waals surface area (Å²) < 4.78 is 41.4. The topological polar surface area (TPSA) is 42.7 Å². The van der Waals surface area contributed by atoms with Crippen molar-refractivity contribution in [3.8, 4) is 5.82 Å². The first-order valence-corrected chi connectivity index (χ1v) is 8.11. The Kier molecular flexibility index (Phi) is 4.51. The number of nitrogens with one attached hydrogen (secondary N) is 1. The van der Waals surface area contributed by atoms with E-state index in [9.17, 15) is 13.2 Å². The van der Waals surface area contributed by atoms with Gasteiger partial charge in [0.1, 0.15) is 12.5 Å². The van der Waals surface area contributed by atoms with Gasteiger partial charge in [0.2, 0.25) is 5.92 Å². The minimum Gasteiger partial charge on any atom is -0.367 e. The zero-order valence-electron chi connectivity index (χ0n) is 13.8. The number of nitrogens with zero attached hydrogens (tertiary/aromatic N) is 3. The Labute approximate surface area is 139 Å². The van der Waals surface area contributed by atoms with Crippen molar-refractivity contribution in [2.24, 2.45) is 0 Å². The highest BCUT2D eigenvalue weighted by Gasteiger charge is 2.34. The highest BCUT2D eigenvalue weighted by molar-refractivity contribution is 5.45. The van der Waals surface area contributed by atoms with Crippen LogP contribution in [0.1, 0.15) is 42.6 Å². The fraction of sp³-hybridized carbons (Fsp3) is 0.529. The monoisotopic (exact) mass is 338 g/mol. The average molecular weight is 338 g/mol. The number of pyridine rings is 1. The summed E-state index contributed by atoms with van der Waals surface area (Å²) in [6.45, 7) is 3.16. The van der Waals surface area contributed by atoms with Crippen molar-refractivity contribution in [1.82, 2.24) is 14.8 Å². The number of aromatic nitrogens is 3. The van der Waals surface area contributed by atoms with Crippen molar-refractivity contribution in [3.63, 3.8) is 0 Å². The van der Waals surface area contributed by atoms with Gasteiger partial charge in [-0.1, -0.05) is 0 Å². The molecule has 4 nitrogen and oxygen atoms in total. The maximum Gasteiger partial charge on any atom is 0.248 e. The minimum absolute atomic E-state index is 0.0692. The summed E-state index contributed by atoms with van der Waals surface area (Å²) in [5.41, 5.74) is 2.24. The Hall–Kier alpha value is -2.05. The van der Waals surface area contributed by atoms with E-state index in [4.69, 9.17) is 0 Å². The van der Waals surface area contributed by atoms with Gasteiger partial charge in [-0.15, -0.1) is 0 Å². The van der Waals surface area contributed by atoms with Crippen molar-refractivity contribution in [3.05, 3.63) is 35.2 Å². The molecule has 1 aliphatic rings. The number of hydrogen-bond acceptors (Lipinski definition) is 3. The molecule has 2 aromatic heterocycles. The number of aryl methyl sites for hydroxylation is 2. The van der Waals surface area contributed by atoms with Crippen LogP contribution in [0, 0.1) is 13.8 Å². The molecule has 1 aliphatic carbocycles. The average Bonchev–Trinajstić information content (AvgIpc) is 2.88. The van der Waals surface area contributed by atoms with E-state index in [1.54, 1.807) is 16.8 Å². The van der Waals surface area contributed by atoms with E-state index in [1.807, 2.05) is 19.9 Å². The van der Waals surface area contributed by atoms with E-state index in [0.29, 0.717) is 30.0 Å². The van der Waals surface area contributed by atoms with Gasteiger partial charge in [-0.25, -0.2) is 22.8 Å². The molecule has 0 bridgehead atoms. The molecule has 0 amide bonds. The molecule has 3 rings (SSSR count). The van der Waals surface area contributed by atoms with Crippen molar-refractivity contribution >= 4 is 5.82 Å². The SMILES string of the molecule is Cc1cc(C)n(-c2cc(CF)cc(NC3CCC(F)(F)CC3)n2)n1. The van der Waals surface area contributed by atoms with Crippen LogP contribution in [-0.2, 0) is 6.67 Å². The number of halogens is 3. The number of alkyl halides is 3. The van der Waals surface area contributed by atoms with Crippen LogP contribution >= 0.6 is 0 Å². The molecule has 0 aliphatic heterocycles. The van der Waals surface area contributed by atoms with Crippen LogP contribution in [0.5, 0.6) is 0 Å². The molecule has 0 spiro atoms. The molecule has 1 fully saturated rings. The van der Waals surface area contributed by atoms with Gasteiger partial charge in [0.25, 0.3) is 0 Å². The predicted octanol–water partition coefficient (Wildman–Crippen LogP) is 4.34. The number of rotatable bonds is 4. The first-order valence-electron chi connectivity index (χ1n) is 8.11.